The number of ether oxygens (including phenoxy) is 2. The number of fused-ring (bicyclic) bond motifs is 1. The molecule has 12 heteroatoms. The molecular weight excluding hydrogens is 396 g/mol. The van der Waals surface area contributed by atoms with E-state index >= 15 is 0 Å². The van der Waals surface area contributed by atoms with Gasteiger partial charge in [0.1, 0.15) is 24.1 Å². The first-order valence-electron chi connectivity index (χ1n) is 9.05. The Morgan fingerprint density at radius 3 is 2.90 bits per heavy atom. The van der Waals surface area contributed by atoms with Crippen molar-refractivity contribution in [2.24, 2.45) is 5.10 Å². The van der Waals surface area contributed by atoms with Gasteiger partial charge in [-0.15, -0.1) is 0 Å². The third-order valence-corrected chi connectivity index (χ3v) is 4.76. The zero-order valence-electron chi connectivity index (χ0n) is 15.8. The number of aromatic nitrogens is 4. The van der Waals surface area contributed by atoms with Crippen LogP contribution >= 0.6 is 0 Å². The van der Waals surface area contributed by atoms with E-state index in [1.165, 1.54) is 17.1 Å². The number of benzene rings is 1. The molecule has 1 fully saturated rings. The number of aromatic amines is 1. The predicted molar refractivity (Wildman–Crippen MR) is 105 cm³/mol. The fraction of sp³-hybridized carbons (Fsp3) is 0.333. The zero-order valence-corrected chi connectivity index (χ0v) is 15.8. The van der Waals surface area contributed by atoms with E-state index in [1.807, 2.05) is 12.1 Å². The topological polar surface area (TPSA) is 167 Å². The van der Waals surface area contributed by atoms with Crippen LogP contribution in [0.5, 0.6) is 5.75 Å². The van der Waals surface area contributed by atoms with Crippen LogP contribution in [-0.2, 0) is 4.74 Å². The first-order chi connectivity index (χ1) is 14.5. The summed E-state index contributed by atoms with van der Waals surface area (Å²) in [7, 11) is 1.54. The molecule has 0 amide bonds. The van der Waals surface area contributed by atoms with Gasteiger partial charge in [-0.25, -0.2) is 15.4 Å². The molecule has 5 N–H and O–H groups in total. The molecule has 1 aliphatic heterocycles. The van der Waals surface area contributed by atoms with Gasteiger partial charge in [-0.1, -0.05) is 12.1 Å². The van der Waals surface area contributed by atoms with Gasteiger partial charge in [0.15, 0.2) is 17.4 Å². The third-order valence-electron chi connectivity index (χ3n) is 4.76. The number of aliphatic hydroxyl groups is 3. The van der Waals surface area contributed by atoms with Gasteiger partial charge < -0.3 is 29.8 Å². The van der Waals surface area contributed by atoms with Crippen LogP contribution in [0.3, 0.4) is 0 Å². The largest absolute Gasteiger partial charge is 0.496 e. The first-order valence-corrected chi connectivity index (χ1v) is 9.05. The molecule has 3 aromatic rings. The highest BCUT2D eigenvalue weighted by molar-refractivity contribution is 5.84. The fourth-order valence-corrected chi connectivity index (χ4v) is 3.27. The van der Waals surface area contributed by atoms with Gasteiger partial charge in [0, 0.05) is 5.56 Å². The van der Waals surface area contributed by atoms with Crippen LogP contribution in [0.15, 0.2) is 40.5 Å². The summed E-state index contributed by atoms with van der Waals surface area (Å²) in [6.45, 7) is -0.496. The average molecular weight is 416 g/mol. The molecule has 1 aliphatic rings. The van der Waals surface area contributed by atoms with E-state index in [4.69, 9.17) is 9.47 Å². The Balaban J connectivity index is 1.73. The predicted octanol–water partition coefficient (Wildman–Crippen LogP) is -0.814. The first kappa shape index (κ1) is 20.0. The van der Waals surface area contributed by atoms with E-state index in [0.29, 0.717) is 11.3 Å². The smallest absolute Gasteiger partial charge is 0.278 e. The van der Waals surface area contributed by atoms with Crippen LogP contribution in [0, 0.1) is 0 Å². The molecular formula is C18H20N6O6. The van der Waals surface area contributed by atoms with E-state index in [1.54, 1.807) is 19.2 Å². The maximum absolute atomic E-state index is 12.2. The Morgan fingerprint density at radius 1 is 1.37 bits per heavy atom. The van der Waals surface area contributed by atoms with Crippen LogP contribution in [0.1, 0.15) is 11.8 Å². The molecule has 4 rings (SSSR count). The summed E-state index contributed by atoms with van der Waals surface area (Å²) in [4.78, 5) is 22.9. The van der Waals surface area contributed by atoms with Gasteiger partial charge in [-0.3, -0.25) is 9.36 Å². The van der Waals surface area contributed by atoms with E-state index in [0.717, 1.165) is 0 Å². The summed E-state index contributed by atoms with van der Waals surface area (Å²) < 4.78 is 12.2. The molecule has 0 spiro atoms. The number of hydrogen-bond donors (Lipinski definition) is 5. The highest BCUT2D eigenvalue weighted by Crippen LogP contribution is 2.33. The second-order valence-electron chi connectivity index (χ2n) is 6.55. The number of anilines is 1. The minimum atomic E-state index is -1.39. The van der Waals surface area contributed by atoms with Gasteiger partial charge in [0.25, 0.3) is 5.56 Å². The fourth-order valence-electron chi connectivity index (χ4n) is 3.27. The van der Waals surface area contributed by atoms with Crippen molar-refractivity contribution in [2.45, 2.75) is 24.5 Å². The number of methoxy groups -OCH3 is 1. The lowest BCUT2D eigenvalue weighted by Gasteiger charge is -2.18. The number of hydrogen-bond acceptors (Lipinski definition) is 10. The highest BCUT2D eigenvalue weighted by atomic mass is 16.6. The van der Waals surface area contributed by atoms with Crippen molar-refractivity contribution >= 4 is 23.3 Å². The number of nitrogens with one attached hydrogen (secondary N) is 2. The lowest BCUT2D eigenvalue weighted by atomic mass is 10.1. The lowest BCUT2D eigenvalue weighted by Crippen LogP contribution is -2.33. The molecule has 12 nitrogen and oxygen atoms in total. The number of para-hydroxylation sites is 1. The molecule has 0 aliphatic carbocycles. The normalized spacial score (nSPS) is 24.0. The number of hydrazone groups is 1. The molecule has 1 saturated heterocycles. The Hall–Kier alpha value is -3.32. The van der Waals surface area contributed by atoms with Gasteiger partial charge in [-0.2, -0.15) is 5.10 Å². The maximum atomic E-state index is 12.2. The van der Waals surface area contributed by atoms with E-state index in [-0.39, 0.29) is 17.1 Å². The number of aliphatic hydroxyl groups excluding tert-OH is 3. The molecule has 0 unspecified atom stereocenters. The monoisotopic (exact) mass is 416 g/mol. The molecule has 0 saturated carbocycles. The molecule has 4 atom stereocenters. The van der Waals surface area contributed by atoms with Gasteiger partial charge in [0.05, 0.1) is 26.3 Å². The van der Waals surface area contributed by atoms with Crippen molar-refractivity contribution in [3.8, 4) is 5.75 Å². The Morgan fingerprint density at radius 2 is 2.17 bits per heavy atom. The van der Waals surface area contributed by atoms with Crippen LogP contribution in [0.2, 0.25) is 0 Å². The van der Waals surface area contributed by atoms with Crippen LogP contribution in [0.4, 0.5) is 5.95 Å². The quantitative estimate of drug-likeness (QED) is 0.255. The molecule has 2 aromatic heterocycles. The van der Waals surface area contributed by atoms with Crippen molar-refractivity contribution in [2.75, 3.05) is 19.1 Å². The summed E-state index contributed by atoms with van der Waals surface area (Å²) in [5.41, 5.74) is 3.01. The Labute approximate surface area is 169 Å². The van der Waals surface area contributed by atoms with Crippen molar-refractivity contribution in [3.05, 3.63) is 46.5 Å². The minimum Gasteiger partial charge on any atom is -0.496 e. The molecule has 1 aromatic carbocycles. The molecule has 0 bridgehead atoms. The summed E-state index contributed by atoms with van der Waals surface area (Å²) in [5.74, 6) is 0.660. The third kappa shape index (κ3) is 3.41. The van der Waals surface area contributed by atoms with Gasteiger partial charge in [0.2, 0.25) is 5.95 Å². The molecule has 0 radical (unpaired) electrons. The van der Waals surface area contributed by atoms with Crippen molar-refractivity contribution in [1.82, 2.24) is 19.5 Å². The highest BCUT2D eigenvalue weighted by Gasteiger charge is 2.45. The molecule has 3 heterocycles. The Kier molecular flexibility index (Phi) is 5.46. The summed E-state index contributed by atoms with van der Waals surface area (Å²) in [5, 5.41) is 34.0. The SMILES string of the molecule is COc1ccccc1/C=N\Nc1nc2c(=O)[nH]cnc2n1[C@@H]1O[C@H](CO)[C@@H](O)[C@H]1O. The lowest BCUT2D eigenvalue weighted by molar-refractivity contribution is -0.0501. The van der Waals surface area contributed by atoms with Gasteiger partial charge in [-0.05, 0) is 12.1 Å². The zero-order chi connectivity index (χ0) is 21.3. The van der Waals surface area contributed by atoms with Crippen molar-refractivity contribution in [1.29, 1.82) is 0 Å². The minimum absolute atomic E-state index is 0.00905. The second kappa shape index (κ2) is 8.20. The van der Waals surface area contributed by atoms with E-state index < -0.39 is 36.7 Å². The number of H-pyrrole nitrogens is 1. The number of imidazole rings is 1. The van der Waals surface area contributed by atoms with Crippen LogP contribution < -0.4 is 15.7 Å². The van der Waals surface area contributed by atoms with Crippen LogP contribution in [0.25, 0.3) is 11.2 Å². The summed E-state index contributed by atoms with van der Waals surface area (Å²) in [6.07, 6.45) is -2.19. The van der Waals surface area contributed by atoms with Crippen molar-refractivity contribution in [3.63, 3.8) is 0 Å². The van der Waals surface area contributed by atoms with Gasteiger partial charge >= 0.3 is 0 Å². The number of nitrogens with zero attached hydrogens (tertiary/aromatic N) is 4. The summed E-state index contributed by atoms with van der Waals surface area (Å²) in [6, 6.07) is 7.22. The standard InChI is InChI=1S/C18H20N6O6/c1-29-10-5-3-2-4-9(10)6-21-23-18-22-12-15(19-8-20-16(12)28)24(18)17-14(27)13(26)11(7-25)30-17/h2-6,8,11,13-14,17,25-27H,7H2,1H3,(H,22,23)(H,19,20,28)/b21-6-/t11-,13-,14-,17-/m1/s1. The molecule has 30 heavy (non-hydrogen) atoms. The second-order valence-corrected chi connectivity index (χ2v) is 6.55. The average Bonchev–Trinajstić information content (AvgIpc) is 3.26. The van der Waals surface area contributed by atoms with E-state index in [9.17, 15) is 20.1 Å². The van der Waals surface area contributed by atoms with Crippen LogP contribution in [-0.4, -0.2) is 73.1 Å². The van der Waals surface area contributed by atoms with E-state index in [2.05, 4.69) is 25.5 Å². The summed E-state index contributed by atoms with van der Waals surface area (Å²) >= 11 is 0. The van der Waals surface area contributed by atoms with Crippen molar-refractivity contribution < 1.29 is 24.8 Å². The number of rotatable bonds is 6. The maximum Gasteiger partial charge on any atom is 0.278 e. The Bertz CT molecular complexity index is 1130. The molecule has 158 valence electrons.